The van der Waals surface area contributed by atoms with E-state index in [0.717, 1.165) is 48.2 Å². The number of nitrogens with zero attached hydrogens (tertiary/aromatic N) is 3. The van der Waals surface area contributed by atoms with E-state index in [4.69, 9.17) is 0 Å². The van der Waals surface area contributed by atoms with Crippen LogP contribution in [0.1, 0.15) is 36.7 Å². The van der Waals surface area contributed by atoms with Gasteiger partial charge in [0.1, 0.15) is 10.7 Å². The third-order valence-electron chi connectivity index (χ3n) is 4.22. The summed E-state index contributed by atoms with van der Waals surface area (Å²) >= 11 is 1.06. The molecular weight excluding hydrogens is 336 g/mol. The molecule has 1 fully saturated rings. The number of benzene rings is 1. The molecule has 0 atom stereocenters. The monoisotopic (exact) mass is 358 g/mol. The van der Waals surface area contributed by atoms with Crippen LogP contribution < -0.4 is 4.90 Å². The molecule has 0 unspecified atom stereocenters. The molecule has 0 amide bonds. The Morgan fingerprint density at radius 3 is 2.76 bits per heavy atom. The number of thioether (sulfide) groups is 1. The molecule has 0 radical (unpaired) electrons. The molecule has 1 saturated heterocycles. The van der Waals surface area contributed by atoms with Crippen molar-refractivity contribution in [3.63, 3.8) is 0 Å². The number of aliphatic carboxylic acids is 1. The number of aromatic nitrogens is 3. The molecule has 0 saturated carbocycles. The molecular formula is C18H22N4O2S. The molecule has 1 aromatic carbocycles. The second-order valence-corrected chi connectivity index (χ2v) is 7.08. The summed E-state index contributed by atoms with van der Waals surface area (Å²) in [5.74, 6) is -0.229. The summed E-state index contributed by atoms with van der Waals surface area (Å²) in [5.41, 5.74) is 3.27. The average molecular weight is 358 g/mol. The van der Waals surface area contributed by atoms with E-state index in [1.807, 2.05) is 19.1 Å². The van der Waals surface area contributed by atoms with Crippen LogP contribution >= 0.6 is 11.8 Å². The summed E-state index contributed by atoms with van der Waals surface area (Å²) in [5, 5.41) is 16.8. The van der Waals surface area contributed by atoms with Crippen molar-refractivity contribution >= 4 is 29.5 Å². The molecule has 1 aliphatic rings. The number of aromatic amines is 1. The summed E-state index contributed by atoms with van der Waals surface area (Å²) < 4.78 is 0. The Morgan fingerprint density at radius 1 is 1.40 bits per heavy atom. The van der Waals surface area contributed by atoms with Crippen LogP contribution in [0.4, 0.5) is 5.69 Å². The Kier molecular flexibility index (Phi) is 5.43. The lowest BCUT2D eigenvalue weighted by Gasteiger charge is -2.20. The van der Waals surface area contributed by atoms with Crippen molar-refractivity contribution < 1.29 is 9.90 Å². The maximum atomic E-state index is 11.6. The van der Waals surface area contributed by atoms with Crippen molar-refractivity contribution in [2.75, 3.05) is 18.0 Å². The predicted octanol–water partition coefficient (Wildman–Crippen LogP) is 3.49. The Bertz CT molecular complexity index is 794. The van der Waals surface area contributed by atoms with Crippen molar-refractivity contribution in [2.24, 2.45) is 0 Å². The molecule has 0 spiro atoms. The maximum Gasteiger partial charge on any atom is 0.342 e. The lowest BCUT2D eigenvalue weighted by Crippen LogP contribution is -2.18. The number of carboxylic acids is 1. The molecule has 0 aliphatic carbocycles. The molecule has 7 heteroatoms. The first-order chi connectivity index (χ1) is 12.1. The third kappa shape index (κ3) is 4.22. The fourth-order valence-corrected chi connectivity index (χ4v) is 3.67. The van der Waals surface area contributed by atoms with Crippen LogP contribution in [-0.2, 0) is 11.2 Å². The van der Waals surface area contributed by atoms with Gasteiger partial charge < -0.3 is 10.0 Å². The number of rotatable bonds is 6. The zero-order valence-electron chi connectivity index (χ0n) is 14.5. The van der Waals surface area contributed by atoms with Crippen LogP contribution in [0.5, 0.6) is 0 Å². The van der Waals surface area contributed by atoms with Gasteiger partial charge >= 0.3 is 5.97 Å². The van der Waals surface area contributed by atoms with Crippen molar-refractivity contribution in [3.8, 4) is 0 Å². The molecule has 1 aromatic heterocycles. The summed E-state index contributed by atoms with van der Waals surface area (Å²) in [6.07, 6.45) is 4.88. The first-order valence-corrected chi connectivity index (χ1v) is 9.28. The highest BCUT2D eigenvalue weighted by Gasteiger charge is 2.16. The lowest BCUT2D eigenvalue weighted by atomic mass is 10.1. The summed E-state index contributed by atoms with van der Waals surface area (Å²) in [6.45, 7) is 6.22. The molecule has 132 valence electrons. The van der Waals surface area contributed by atoms with Gasteiger partial charge in [0.15, 0.2) is 0 Å². The topological polar surface area (TPSA) is 82.1 Å². The number of nitrogens with one attached hydrogen (secondary N) is 1. The van der Waals surface area contributed by atoms with Crippen LogP contribution in [-0.4, -0.2) is 39.3 Å². The van der Waals surface area contributed by atoms with Gasteiger partial charge in [0, 0.05) is 25.2 Å². The molecule has 2 heterocycles. The predicted molar refractivity (Wildman–Crippen MR) is 99.9 cm³/mol. The van der Waals surface area contributed by atoms with Crippen LogP contribution in [0, 0.1) is 6.92 Å². The maximum absolute atomic E-state index is 11.6. The van der Waals surface area contributed by atoms with Crippen molar-refractivity contribution in [1.82, 2.24) is 15.2 Å². The number of hydrogen-bond acceptors (Lipinski definition) is 5. The minimum atomic E-state index is -0.978. The van der Waals surface area contributed by atoms with E-state index < -0.39 is 5.97 Å². The number of carbonyl (C=O) groups is 1. The molecule has 3 rings (SSSR count). The Balaban J connectivity index is 1.82. The van der Waals surface area contributed by atoms with E-state index >= 15 is 0 Å². The molecule has 25 heavy (non-hydrogen) atoms. The summed E-state index contributed by atoms with van der Waals surface area (Å²) in [4.78, 5) is 18.4. The van der Waals surface area contributed by atoms with E-state index in [1.54, 1.807) is 6.08 Å². The molecule has 6 nitrogen and oxygen atoms in total. The van der Waals surface area contributed by atoms with Gasteiger partial charge in [-0.15, -0.1) is 5.10 Å². The van der Waals surface area contributed by atoms with E-state index in [9.17, 15) is 9.90 Å². The quantitative estimate of drug-likeness (QED) is 0.608. The number of aryl methyl sites for hydroxylation is 2. The smallest absolute Gasteiger partial charge is 0.342 e. The fraction of sp³-hybridized carbons (Fsp3) is 0.389. The number of carboxylic acid groups (broad SMARTS) is 1. The molecule has 2 N–H and O–H groups in total. The first kappa shape index (κ1) is 17.5. The van der Waals surface area contributed by atoms with Gasteiger partial charge in [-0.3, -0.25) is 5.10 Å². The second kappa shape index (κ2) is 7.74. The van der Waals surface area contributed by atoms with Gasteiger partial charge in [-0.05, 0) is 60.9 Å². The lowest BCUT2D eigenvalue weighted by molar-refractivity contribution is -0.131. The molecule has 2 aromatic rings. The minimum absolute atomic E-state index is 0.204. The van der Waals surface area contributed by atoms with Crippen LogP contribution in [0.25, 0.3) is 6.08 Å². The van der Waals surface area contributed by atoms with Gasteiger partial charge in [0.05, 0.1) is 0 Å². The summed E-state index contributed by atoms with van der Waals surface area (Å²) in [6, 6.07) is 6.09. The second-order valence-electron chi connectivity index (χ2n) is 6.07. The normalized spacial score (nSPS) is 15.0. The largest absolute Gasteiger partial charge is 0.477 e. The summed E-state index contributed by atoms with van der Waals surface area (Å²) in [7, 11) is 0. The van der Waals surface area contributed by atoms with Crippen molar-refractivity contribution in [1.29, 1.82) is 0 Å². The first-order valence-electron chi connectivity index (χ1n) is 8.46. The highest BCUT2D eigenvalue weighted by atomic mass is 32.2. The van der Waals surface area contributed by atoms with Gasteiger partial charge in [-0.25, -0.2) is 9.78 Å². The van der Waals surface area contributed by atoms with E-state index in [-0.39, 0.29) is 4.91 Å². The Morgan fingerprint density at radius 2 is 2.16 bits per heavy atom. The van der Waals surface area contributed by atoms with E-state index in [1.165, 1.54) is 18.5 Å². The zero-order valence-corrected chi connectivity index (χ0v) is 15.3. The molecule has 0 bridgehead atoms. The van der Waals surface area contributed by atoms with Crippen LogP contribution in [0.2, 0.25) is 0 Å². The van der Waals surface area contributed by atoms with Crippen LogP contribution in [0.3, 0.4) is 0 Å². The van der Waals surface area contributed by atoms with Crippen molar-refractivity contribution in [2.45, 2.75) is 38.3 Å². The number of anilines is 1. The zero-order chi connectivity index (χ0) is 17.8. The van der Waals surface area contributed by atoms with Gasteiger partial charge in [-0.2, -0.15) is 0 Å². The van der Waals surface area contributed by atoms with Gasteiger partial charge in [-0.1, -0.05) is 13.0 Å². The number of H-pyrrole nitrogens is 1. The van der Waals surface area contributed by atoms with E-state index in [0.29, 0.717) is 5.16 Å². The highest BCUT2D eigenvalue weighted by molar-refractivity contribution is 8.04. The van der Waals surface area contributed by atoms with Crippen molar-refractivity contribution in [3.05, 3.63) is 40.1 Å². The Labute approximate surface area is 151 Å². The van der Waals surface area contributed by atoms with Gasteiger partial charge in [0.2, 0.25) is 5.16 Å². The number of hydrogen-bond donors (Lipinski definition) is 2. The van der Waals surface area contributed by atoms with E-state index in [2.05, 4.69) is 33.1 Å². The van der Waals surface area contributed by atoms with Crippen LogP contribution in [0.15, 0.2) is 28.3 Å². The molecule has 1 aliphatic heterocycles. The van der Waals surface area contributed by atoms with Gasteiger partial charge in [0.25, 0.3) is 0 Å². The standard InChI is InChI=1S/C18H22N4O2S/c1-3-16-19-18(21-20-16)25-15(17(23)24)11-13-6-7-14(12(2)10-13)22-8-4-5-9-22/h6-7,10-11H,3-5,8-9H2,1-2H3,(H,23,24)(H,19,20,21)/b15-11+. The fourth-order valence-electron chi connectivity index (χ4n) is 2.95. The SMILES string of the molecule is CCc1nc(S/C(=C/c2ccc(N3CCCC3)c(C)c2)C(=O)O)n[nH]1. The Hall–Kier alpha value is -2.28. The highest BCUT2D eigenvalue weighted by Crippen LogP contribution is 2.29. The third-order valence-corrected chi connectivity index (χ3v) is 5.10. The minimum Gasteiger partial charge on any atom is -0.477 e. The average Bonchev–Trinajstić information content (AvgIpc) is 3.25.